The van der Waals surface area contributed by atoms with Gasteiger partial charge in [0.1, 0.15) is 0 Å². The minimum Gasteiger partial charge on any atom is -0.359 e. The lowest BCUT2D eigenvalue weighted by molar-refractivity contribution is -0.133. The van der Waals surface area contributed by atoms with Gasteiger partial charge >= 0.3 is 0 Å². The molecule has 3 aromatic rings. The van der Waals surface area contributed by atoms with Gasteiger partial charge in [-0.2, -0.15) is 0 Å². The molecule has 1 saturated heterocycles. The van der Waals surface area contributed by atoms with Crippen molar-refractivity contribution < 1.29 is 9.59 Å². The first-order valence-corrected chi connectivity index (χ1v) is 10.7. The van der Waals surface area contributed by atoms with E-state index in [1.54, 1.807) is 13.2 Å². The maximum absolute atomic E-state index is 13.1. The molecule has 1 aliphatic rings. The van der Waals surface area contributed by atoms with Crippen LogP contribution in [-0.2, 0) is 11.2 Å². The largest absolute Gasteiger partial charge is 0.359 e. The van der Waals surface area contributed by atoms with E-state index in [1.807, 2.05) is 65.7 Å². The van der Waals surface area contributed by atoms with E-state index in [2.05, 4.69) is 22.4 Å². The number of benzene rings is 2. The van der Waals surface area contributed by atoms with Gasteiger partial charge in [0.25, 0.3) is 5.91 Å². The van der Waals surface area contributed by atoms with Crippen molar-refractivity contribution in [2.45, 2.75) is 19.3 Å². The first kappa shape index (κ1) is 20.8. The van der Waals surface area contributed by atoms with E-state index in [9.17, 15) is 9.59 Å². The van der Waals surface area contributed by atoms with Gasteiger partial charge in [-0.05, 0) is 48.6 Å². The van der Waals surface area contributed by atoms with Gasteiger partial charge in [0, 0.05) is 43.7 Å². The van der Waals surface area contributed by atoms with E-state index in [-0.39, 0.29) is 11.8 Å². The van der Waals surface area contributed by atoms with Crippen LogP contribution in [0.3, 0.4) is 0 Å². The topological polar surface area (TPSA) is 62.3 Å². The minimum absolute atomic E-state index is 0.0295. The maximum atomic E-state index is 13.1. The third-order valence-electron chi connectivity index (χ3n) is 6.26. The third-order valence-corrected chi connectivity index (χ3v) is 6.26. The Hall–Kier alpha value is -3.47. The Morgan fingerprint density at radius 3 is 2.35 bits per heavy atom. The number of rotatable bonds is 5. The van der Waals surface area contributed by atoms with Crippen LogP contribution in [0.5, 0.6) is 0 Å². The second kappa shape index (κ2) is 9.13. The summed E-state index contributed by atoms with van der Waals surface area (Å²) in [6.45, 7) is 1.13. The molecule has 5 nitrogen and oxygen atoms in total. The molecular weight excluding hydrogens is 386 g/mol. The normalized spacial score (nSPS) is 15.3. The monoisotopic (exact) mass is 413 g/mol. The quantitative estimate of drug-likeness (QED) is 0.689. The summed E-state index contributed by atoms with van der Waals surface area (Å²) in [6, 6.07) is 21.5. The molecule has 1 fully saturated rings. The second-order valence-corrected chi connectivity index (χ2v) is 8.09. The first-order chi connectivity index (χ1) is 15.1. The highest BCUT2D eigenvalue weighted by Gasteiger charge is 2.42. The van der Waals surface area contributed by atoms with E-state index >= 15 is 0 Å². The number of carbonyl (C=O) groups excluding carboxylic acids is 2. The smallest absolute Gasteiger partial charge is 0.253 e. The van der Waals surface area contributed by atoms with Gasteiger partial charge in [0.05, 0.1) is 5.41 Å². The standard InChI is InChI=1S/C26H27N3O2/c1-27-25(31)26(13-16-29(17-14-26)24(30)20-8-3-2-4-9-20)18-21-10-5-6-12-23(21)22-11-7-15-28-19-22/h2-12,15,19H,13-14,16-18H2,1H3,(H,27,31). The summed E-state index contributed by atoms with van der Waals surface area (Å²) in [5.74, 6) is 0.0715. The van der Waals surface area contributed by atoms with Crippen LogP contribution >= 0.6 is 0 Å². The van der Waals surface area contributed by atoms with Crippen molar-refractivity contribution in [1.82, 2.24) is 15.2 Å². The predicted octanol–water partition coefficient (Wildman–Crippen LogP) is 3.96. The summed E-state index contributed by atoms with van der Waals surface area (Å²) < 4.78 is 0. The third kappa shape index (κ3) is 4.36. The summed E-state index contributed by atoms with van der Waals surface area (Å²) in [6.07, 6.45) is 5.51. The summed E-state index contributed by atoms with van der Waals surface area (Å²) >= 11 is 0. The number of pyridine rings is 1. The molecule has 2 heterocycles. The molecule has 1 aliphatic heterocycles. The highest BCUT2D eigenvalue weighted by molar-refractivity contribution is 5.94. The number of amides is 2. The fraction of sp³-hybridized carbons (Fsp3) is 0.269. The molecule has 0 aliphatic carbocycles. The van der Waals surface area contributed by atoms with Crippen molar-refractivity contribution in [3.8, 4) is 11.1 Å². The summed E-state index contributed by atoms with van der Waals surface area (Å²) in [7, 11) is 1.69. The van der Waals surface area contributed by atoms with E-state index in [1.165, 1.54) is 0 Å². The number of carbonyl (C=O) groups is 2. The van der Waals surface area contributed by atoms with Gasteiger partial charge in [0.2, 0.25) is 5.91 Å². The lowest BCUT2D eigenvalue weighted by Gasteiger charge is -2.41. The van der Waals surface area contributed by atoms with Gasteiger partial charge < -0.3 is 10.2 Å². The molecule has 1 aromatic heterocycles. The molecule has 0 atom stereocenters. The van der Waals surface area contributed by atoms with Crippen molar-refractivity contribution in [2.75, 3.05) is 20.1 Å². The van der Waals surface area contributed by atoms with Gasteiger partial charge in [-0.1, -0.05) is 48.5 Å². The molecule has 0 radical (unpaired) electrons. The molecule has 2 aromatic carbocycles. The Balaban J connectivity index is 1.58. The van der Waals surface area contributed by atoms with Gasteiger partial charge in [-0.3, -0.25) is 14.6 Å². The molecule has 0 bridgehead atoms. The van der Waals surface area contributed by atoms with Crippen molar-refractivity contribution in [1.29, 1.82) is 0 Å². The molecule has 31 heavy (non-hydrogen) atoms. The van der Waals surface area contributed by atoms with Gasteiger partial charge in [-0.25, -0.2) is 0 Å². The van der Waals surface area contributed by atoms with Crippen LogP contribution in [0.15, 0.2) is 79.1 Å². The van der Waals surface area contributed by atoms with E-state index in [0.29, 0.717) is 37.9 Å². The highest BCUT2D eigenvalue weighted by atomic mass is 16.2. The molecular formula is C26H27N3O2. The number of likely N-dealkylation sites (tertiary alicyclic amines) is 1. The molecule has 0 spiro atoms. The SMILES string of the molecule is CNC(=O)C1(Cc2ccccc2-c2cccnc2)CCN(C(=O)c2ccccc2)CC1. The zero-order valence-corrected chi connectivity index (χ0v) is 17.8. The van der Waals surface area contributed by atoms with Crippen LogP contribution in [0, 0.1) is 5.41 Å². The lowest BCUT2D eigenvalue weighted by atomic mass is 9.72. The van der Waals surface area contributed by atoms with Crippen LogP contribution < -0.4 is 5.32 Å². The van der Waals surface area contributed by atoms with Crippen molar-refractivity contribution in [3.63, 3.8) is 0 Å². The van der Waals surface area contributed by atoms with Crippen molar-refractivity contribution in [3.05, 3.63) is 90.3 Å². The average Bonchev–Trinajstić information content (AvgIpc) is 2.85. The molecule has 0 saturated carbocycles. The Kier molecular flexibility index (Phi) is 6.12. The minimum atomic E-state index is -0.541. The number of nitrogens with zero attached hydrogens (tertiary/aromatic N) is 2. The summed E-state index contributed by atoms with van der Waals surface area (Å²) in [4.78, 5) is 32.0. The maximum Gasteiger partial charge on any atom is 0.253 e. The van der Waals surface area contributed by atoms with Crippen molar-refractivity contribution in [2.24, 2.45) is 5.41 Å². The Morgan fingerprint density at radius 1 is 0.968 bits per heavy atom. The molecule has 2 amide bonds. The van der Waals surface area contributed by atoms with E-state index in [0.717, 1.165) is 16.7 Å². The predicted molar refractivity (Wildman–Crippen MR) is 121 cm³/mol. The first-order valence-electron chi connectivity index (χ1n) is 10.7. The van der Waals surface area contributed by atoms with Crippen LogP contribution in [0.4, 0.5) is 0 Å². The van der Waals surface area contributed by atoms with Crippen molar-refractivity contribution >= 4 is 11.8 Å². The fourth-order valence-electron chi connectivity index (χ4n) is 4.49. The molecule has 1 N–H and O–H groups in total. The van der Waals surface area contributed by atoms with Crippen LogP contribution in [0.25, 0.3) is 11.1 Å². The summed E-state index contributed by atoms with van der Waals surface area (Å²) in [5, 5.41) is 2.88. The number of aromatic nitrogens is 1. The van der Waals surface area contributed by atoms with Gasteiger partial charge in [-0.15, -0.1) is 0 Å². The number of hydrogen-bond donors (Lipinski definition) is 1. The zero-order valence-electron chi connectivity index (χ0n) is 17.8. The molecule has 4 rings (SSSR count). The lowest BCUT2D eigenvalue weighted by Crippen LogP contribution is -2.50. The van der Waals surface area contributed by atoms with Crippen LogP contribution in [0.2, 0.25) is 0 Å². The molecule has 0 unspecified atom stereocenters. The zero-order chi connectivity index (χ0) is 21.7. The fourth-order valence-corrected chi connectivity index (χ4v) is 4.49. The van der Waals surface area contributed by atoms with Gasteiger partial charge in [0.15, 0.2) is 0 Å². The summed E-state index contributed by atoms with van der Waals surface area (Å²) in [5.41, 5.74) is 3.42. The Labute approximate surface area is 183 Å². The Morgan fingerprint density at radius 2 is 1.68 bits per heavy atom. The number of hydrogen-bond acceptors (Lipinski definition) is 3. The highest BCUT2D eigenvalue weighted by Crippen LogP contribution is 2.38. The molecule has 158 valence electrons. The number of nitrogens with one attached hydrogen (secondary N) is 1. The van der Waals surface area contributed by atoms with E-state index < -0.39 is 5.41 Å². The van der Waals surface area contributed by atoms with Crippen LogP contribution in [0.1, 0.15) is 28.8 Å². The second-order valence-electron chi connectivity index (χ2n) is 8.09. The average molecular weight is 414 g/mol. The Bertz CT molecular complexity index is 1040. The van der Waals surface area contributed by atoms with E-state index in [4.69, 9.17) is 0 Å². The number of piperidine rings is 1. The van der Waals surface area contributed by atoms with Crippen LogP contribution in [-0.4, -0.2) is 41.8 Å². The molecule has 5 heteroatoms.